The number of nitro groups is 1. The lowest BCUT2D eigenvalue weighted by Gasteiger charge is -1.99. The molecule has 0 spiro atoms. The van der Waals surface area contributed by atoms with Gasteiger partial charge in [-0.05, 0) is 17.7 Å². The maximum Gasteiger partial charge on any atom is 0.271 e. The molecular weight excluding hydrogens is 346 g/mol. The highest BCUT2D eigenvalue weighted by Gasteiger charge is 2.13. The van der Waals surface area contributed by atoms with Crippen molar-refractivity contribution in [1.29, 1.82) is 0 Å². The SMILES string of the molecule is O=c1[nH]cnc2cc(-c3cc(Br)cc([N+](=O)[O-])c3)sc12. The normalized spacial score (nSPS) is 10.8. The molecule has 2 aromatic heterocycles. The van der Waals surface area contributed by atoms with E-state index in [4.69, 9.17) is 0 Å². The van der Waals surface area contributed by atoms with Gasteiger partial charge in [-0.25, -0.2) is 4.98 Å². The Morgan fingerprint density at radius 1 is 1.30 bits per heavy atom. The molecule has 3 aromatic rings. The van der Waals surface area contributed by atoms with Crippen molar-refractivity contribution < 1.29 is 4.92 Å². The summed E-state index contributed by atoms with van der Waals surface area (Å²) in [7, 11) is 0. The maximum absolute atomic E-state index is 11.7. The molecule has 0 atom stereocenters. The molecule has 0 radical (unpaired) electrons. The van der Waals surface area contributed by atoms with E-state index < -0.39 is 4.92 Å². The van der Waals surface area contributed by atoms with Crippen LogP contribution in [0.15, 0.2) is 39.9 Å². The second kappa shape index (κ2) is 4.80. The Balaban J connectivity index is 2.23. The number of halogens is 1. The quantitative estimate of drug-likeness (QED) is 0.566. The first kappa shape index (κ1) is 12.9. The van der Waals surface area contributed by atoms with E-state index in [1.165, 1.54) is 29.8 Å². The lowest BCUT2D eigenvalue weighted by molar-refractivity contribution is -0.384. The van der Waals surface area contributed by atoms with Gasteiger partial charge in [0.15, 0.2) is 0 Å². The van der Waals surface area contributed by atoms with Crippen molar-refractivity contribution in [1.82, 2.24) is 9.97 Å². The van der Waals surface area contributed by atoms with Gasteiger partial charge < -0.3 is 4.98 Å². The largest absolute Gasteiger partial charge is 0.312 e. The number of H-pyrrole nitrogens is 1. The number of rotatable bonds is 2. The van der Waals surface area contributed by atoms with Crippen LogP contribution in [0.5, 0.6) is 0 Å². The topological polar surface area (TPSA) is 88.9 Å². The van der Waals surface area contributed by atoms with E-state index in [-0.39, 0.29) is 11.2 Å². The van der Waals surface area contributed by atoms with Crippen molar-refractivity contribution in [3.8, 4) is 10.4 Å². The molecule has 0 saturated carbocycles. The molecule has 0 unspecified atom stereocenters. The van der Waals surface area contributed by atoms with Crippen LogP contribution in [0.1, 0.15) is 0 Å². The minimum Gasteiger partial charge on any atom is -0.312 e. The van der Waals surface area contributed by atoms with Crippen molar-refractivity contribution >= 4 is 43.2 Å². The zero-order chi connectivity index (χ0) is 14.3. The number of hydrogen-bond donors (Lipinski definition) is 1. The van der Waals surface area contributed by atoms with Crippen LogP contribution in [0.4, 0.5) is 5.69 Å². The van der Waals surface area contributed by atoms with E-state index in [0.29, 0.717) is 20.3 Å². The Hall–Kier alpha value is -2.06. The summed E-state index contributed by atoms with van der Waals surface area (Å²) < 4.78 is 1.12. The average Bonchev–Trinajstić information content (AvgIpc) is 2.83. The monoisotopic (exact) mass is 351 g/mol. The number of aromatic nitrogens is 2. The van der Waals surface area contributed by atoms with Crippen molar-refractivity contribution in [3.05, 3.63) is 55.5 Å². The predicted molar refractivity (Wildman–Crippen MR) is 80.0 cm³/mol. The number of nitro benzene ring substituents is 1. The van der Waals surface area contributed by atoms with Gasteiger partial charge in [0.2, 0.25) is 0 Å². The number of benzene rings is 1. The third-order valence-corrected chi connectivity index (χ3v) is 4.33. The summed E-state index contributed by atoms with van der Waals surface area (Å²) in [6.45, 7) is 0. The number of aromatic amines is 1. The highest BCUT2D eigenvalue weighted by Crippen LogP contribution is 2.34. The van der Waals surface area contributed by atoms with Gasteiger partial charge in [0.05, 0.1) is 16.8 Å². The molecule has 0 fully saturated rings. The van der Waals surface area contributed by atoms with Crippen LogP contribution in [-0.4, -0.2) is 14.9 Å². The Morgan fingerprint density at radius 3 is 2.80 bits per heavy atom. The highest BCUT2D eigenvalue weighted by molar-refractivity contribution is 9.10. The van der Waals surface area contributed by atoms with Gasteiger partial charge >= 0.3 is 0 Å². The second-order valence-corrected chi connectivity index (χ2v) is 5.98. The van der Waals surface area contributed by atoms with Gasteiger partial charge in [-0.3, -0.25) is 14.9 Å². The van der Waals surface area contributed by atoms with Crippen LogP contribution >= 0.6 is 27.3 Å². The average molecular weight is 352 g/mol. The maximum atomic E-state index is 11.7. The summed E-state index contributed by atoms with van der Waals surface area (Å²) in [6, 6.07) is 6.43. The van der Waals surface area contributed by atoms with Gasteiger partial charge in [-0.15, -0.1) is 11.3 Å². The summed E-state index contributed by atoms with van der Waals surface area (Å²) in [6.07, 6.45) is 1.34. The first-order valence-electron chi connectivity index (χ1n) is 5.47. The Morgan fingerprint density at radius 2 is 2.10 bits per heavy atom. The Bertz CT molecular complexity index is 887. The van der Waals surface area contributed by atoms with Crippen LogP contribution in [0.25, 0.3) is 20.7 Å². The summed E-state index contributed by atoms with van der Waals surface area (Å²) in [4.78, 5) is 29.4. The lowest BCUT2D eigenvalue weighted by Crippen LogP contribution is -2.02. The molecule has 0 aliphatic rings. The number of non-ortho nitro benzene ring substituents is 1. The van der Waals surface area contributed by atoms with Crippen LogP contribution in [0.3, 0.4) is 0 Å². The molecule has 8 heteroatoms. The molecule has 3 rings (SSSR count). The molecule has 2 heterocycles. The van der Waals surface area contributed by atoms with E-state index in [0.717, 1.165) is 4.88 Å². The van der Waals surface area contributed by atoms with Gasteiger partial charge in [-0.1, -0.05) is 15.9 Å². The van der Waals surface area contributed by atoms with Crippen LogP contribution in [0, 0.1) is 10.1 Å². The highest BCUT2D eigenvalue weighted by atomic mass is 79.9. The zero-order valence-corrected chi connectivity index (χ0v) is 12.2. The number of hydrogen-bond acceptors (Lipinski definition) is 5. The van der Waals surface area contributed by atoms with E-state index in [1.807, 2.05) is 0 Å². The number of nitrogens with one attached hydrogen (secondary N) is 1. The smallest absolute Gasteiger partial charge is 0.271 e. The molecule has 1 N–H and O–H groups in total. The van der Waals surface area contributed by atoms with Crippen LogP contribution in [-0.2, 0) is 0 Å². The van der Waals surface area contributed by atoms with Crippen molar-refractivity contribution in [3.63, 3.8) is 0 Å². The zero-order valence-electron chi connectivity index (χ0n) is 9.79. The van der Waals surface area contributed by atoms with Crippen molar-refractivity contribution in [2.75, 3.05) is 0 Å². The Labute approximate surface area is 124 Å². The third-order valence-electron chi connectivity index (χ3n) is 2.70. The fourth-order valence-corrected chi connectivity index (χ4v) is 3.31. The first-order valence-corrected chi connectivity index (χ1v) is 7.08. The van der Waals surface area contributed by atoms with Crippen LogP contribution < -0.4 is 5.56 Å². The van der Waals surface area contributed by atoms with Crippen molar-refractivity contribution in [2.45, 2.75) is 0 Å². The first-order chi connectivity index (χ1) is 9.54. The fourth-order valence-electron chi connectivity index (χ4n) is 1.83. The summed E-state index contributed by atoms with van der Waals surface area (Å²) >= 11 is 4.51. The van der Waals surface area contributed by atoms with Crippen molar-refractivity contribution in [2.24, 2.45) is 0 Å². The van der Waals surface area contributed by atoms with E-state index >= 15 is 0 Å². The molecule has 20 heavy (non-hydrogen) atoms. The Kier molecular flexibility index (Phi) is 3.11. The third kappa shape index (κ3) is 2.23. The molecule has 6 nitrogen and oxygen atoms in total. The number of fused-ring (bicyclic) bond motifs is 1. The molecule has 0 aliphatic carbocycles. The minimum absolute atomic E-state index is 0.00583. The molecule has 100 valence electrons. The van der Waals surface area contributed by atoms with E-state index in [9.17, 15) is 14.9 Å². The molecular formula is C12H6BrN3O3S. The summed E-state index contributed by atoms with van der Waals surface area (Å²) in [5, 5.41) is 10.9. The fraction of sp³-hybridized carbons (Fsp3) is 0. The van der Waals surface area contributed by atoms with Gasteiger partial charge in [-0.2, -0.15) is 0 Å². The summed E-state index contributed by atoms with van der Waals surface area (Å²) in [5.74, 6) is 0. The van der Waals surface area contributed by atoms with Gasteiger partial charge in [0.1, 0.15) is 4.70 Å². The van der Waals surface area contributed by atoms with E-state index in [1.54, 1.807) is 12.1 Å². The molecule has 0 bridgehead atoms. The molecule has 0 saturated heterocycles. The second-order valence-electron chi connectivity index (χ2n) is 4.01. The minimum atomic E-state index is -0.452. The van der Waals surface area contributed by atoms with Crippen LogP contribution in [0.2, 0.25) is 0 Å². The van der Waals surface area contributed by atoms with E-state index in [2.05, 4.69) is 25.9 Å². The number of thiophene rings is 1. The number of nitrogens with zero attached hydrogens (tertiary/aromatic N) is 2. The predicted octanol–water partition coefficient (Wildman–Crippen LogP) is 3.32. The standard InChI is InChI=1S/C12H6BrN3O3S/c13-7-1-6(2-8(3-7)16(18)19)10-4-9-11(20-10)12(17)15-5-14-9/h1-5H,(H,14,15,17). The van der Waals surface area contributed by atoms with Gasteiger partial charge in [0, 0.05) is 21.5 Å². The molecule has 0 aliphatic heterocycles. The van der Waals surface area contributed by atoms with Gasteiger partial charge in [0.25, 0.3) is 11.2 Å². The molecule has 1 aromatic carbocycles. The molecule has 0 amide bonds. The lowest BCUT2D eigenvalue weighted by atomic mass is 10.1. The summed E-state index contributed by atoms with van der Waals surface area (Å²) in [5.41, 5.74) is 1.04.